The zero-order chi connectivity index (χ0) is 14.3. The Labute approximate surface area is 124 Å². The monoisotopic (exact) mass is 306 g/mol. The normalized spacial score (nSPS) is 10.9. The Hall–Kier alpha value is -1.85. The van der Waals surface area contributed by atoms with Crippen LogP contribution in [0.3, 0.4) is 0 Å². The molecule has 0 N–H and O–H groups in total. The first-order valence-corrected chi connectivity index (χ1v) is 7.13. The minimum atomic E-state index is -0.425. The third-order valence-electron chi connectivity index (χ3n) is 2.99. The Morgan fingerprint density at radius 1 is 1.40 bits per heavy atom. The number of pyridine rings is 1. The predicted octanol–water partition coefficient (Wildman–Crippen LogP) is 3.81. The molecule has 0 aliphatic carbocycles. The number of nitrogens with zero attached hydrogens (tertiary/aromatic N) is 2. The van der Waals surface area contributed by atoms with Crippen molar-refractivity contribution >= 4 is 34.4 Å². The van der Waals surface area contributed by atoms with Crippen molar-refractivity contribution in [3.8, 4) is 10.7 Å². The van der Waals surface area contributed by atoms with Gasteiger partial charge in [-0.3, -0.25) is 4.40 Å². The fourth-order valence-corrected chi connectivity index (χ4v) is 3.23. The number of methoxy groups -OCH3 is 1. The lowest BCUT2D eigenvalue weighted by Crippen LogP contribution is -2.03. The summed E-state index contributed by atoms with van der Waals surface area (Å²) in [5.74, 6) is 0.306. The number of ether oxygens (including phenoxy) is 1. The number of halogens is 1. The third kappa shape index (κ3) is 1.99. The van der Waals surface area contributed by atoms with Crippen molar-refractivity contribution in [3.05, 3.63) is 46.1 Å². The number of fused-ring (bicyclic) bond motifs is 1. The van der Waals surface area contributed by atoms with Gasteiger partial charge in [0.15, 0.2) is 11.0 Å². The van der Waals surface area contributed by atoms with Crippen molar-refractivity contribution in [2.75, 3.05) is 7.11 Å². The fourth-order valence-electron chi connectivity index (χ4n) is 2.10. The third-order valence-corrected chi connectivity index (χ3v) is 4.25. The number of rotatable bonds is 2. The minimum absolute atomic E-state index is 0.298. The molecule has 0 radical (unpaired) electrons. The van der Waals surface area contributed by atoms with Gasteiger partial charge in [0, 0.05) is 11.1 Å². The minimum Gasteiger partial charge on any atom is -0.465 e. The number of carbonyl (C=O) groups excluding carboxylic acids is 1. The van der Waals surface area contributed by atoms with Crippen molar-refractivity contribution in [3.63, 3.8) is 0 Å². The van der Waals surface area contributed by atoms with E-state index in [0.717, 1.165) is 10.7 Å². The van der Waals surface area contributed by atoms with Crippen LogP contribution in [-0.4, -0.2) is 22.5 Å². The summed E-state index contributed by atoms with van der Waals surface area (Å²) in [6.07, 6.45) is 1.84. The summed E-state index contributed by atoms with van der Waals surface area (Å²) < 4.78 is 6.60. The summed E-state index contributed by atoms with van der Waals surface area (Å²) in [5.41, 5.74) is 0.981. The van der Waals surface area contributed by atoms with Crippen LogP contribution in [0.15, 0.2) is 30.5 Å². The van der Waals surface area contributed by atoms with Crippen LogP contribution in [0.2, 0.25) is 5.15 Å². The highest BCUT2D eigenvalue weighted by atomic mass is 35.5. The SMILES string of the molecule is COC(=O)c1cccn2c(-c3ccc(C)s3)nc(Cl)c12. The number of carbonyl (C=O) groups is 1. The molecular formula is C14H11ClN2O2S. The van der Waals surface area contributed by atoms with E-state index >= 15 is 0 Å². The Morgan fingerprint density at radius 2 is 2.20 bits per heavy atom. The van der Waals surface area contributed by atoms with E-state index in [1.165, 1.54) is 12.0 Å². The molecule has 0 aliphatic rings. The van der Waals surface area contributed by atoms with Crippen LogP contribution in [0.4, 0.5) is 0 Å². The van der Waals surface area contributed by atoms with E-state index in [4.69, 9.17) is 16.3 Å². The average Bonchev–Trinajstić information content (AvgIpc) is 3.02. The average molecular weight is 307 g/mol. The molecule has 0 saturated heterocycles. The number of aryl methyl sites for hydroxylation is 1. The molecule has 3 heterocycles. The maximum absolute atomic E-state index is 11.8. The van der Waals surface area contributed by atoms with Crippen molar-refractivity contribution < 1.29 is 9.53 Å². The first kappa shape index (κ1) is 13.1. The molecule has 0 atom stereocenters. The lowest BCUT2D eigenvalue weighted by Gasteiger charge is -2.03. The lowest BCUT2D eigenvalue weighted by molar-refractivity contribution is 0.0602. The van der Waals surface area contributed by atoms with Gasteiger partial charge in [-0.1, -0.05) is 11.6 Å². The lowest BCUT2D eigenvalue weighted by atomic mass is 10.2. The highest BCUT2D eigenvalue weighted by Gasteiger charge is 2.19. The molecule has 0 bridgehead atoms. The van der Waals surface area contributed by atoms with Crippen LogP contribution >= 0.6 is 22.9 Å². The number of thiophene rings is 1. The highest BCUT2D eigenvalue weighted by Crippen LogP contribution is 2.32. The molecule has 102 valence electrons. The molecule has 0 fully saturated rings. The number of imidazole rings is 1. The molecule has 3 aromatic heterocycles. The van der Waals surface area contributed by atoms with E-state index in [1.54, 1.807) is 23.5 Å². The summed E-state index contributed by atoms with van der Waals surface area (Å²) in [4.78, 5) is 18.4. The summed E-state index contributed by atoms with van der Waals surface area (Å²) in [5, 5.41) is 0.298. The standard InChI is InChI=1S/C14H11ClN2O2S/c1-8-5-6-10(20-8)13-16-12(15)11-9(14(18)19-2)4-3-7-17(11)13/h3-7H,1-2H3. The summed E-state index contributed by atoms with van der Waals surface area (Å²) in [7, 11) is 1.35. The second-order valence-corrected chi connectivity index (χ2v) is 5.91. The summed E-state index contributed by atoms with van der Waals surface area (Å²) in [6.45, 7) is 2.03. The Balaban J connectivity index is 2.30. The fraction of sp³-hybridized carbons (Fsp3) is 0.143. The molecule has 0 saturated carbocycles. The maximum Gasteiger partial charge on any atom is 0.340 e. The smallest absolute Gasteiger partial charge is 0.340 e. The van der Waals surface area contributed by atoms with Gasteiger partial charge >= 0.3 is 5.97 Å². The number of hydrogen-bond donors (Lipinski definition) is 0. The Morgan fingerprint density at radius 3 is 2.85 bits per heavy atom. The van der Waals surface area contributed by atoms with Crippen molar-refractivity contribution in [1.82, 2.24) is 9.38 Å². The van der Waals surface area contributed by atoms with Gasteiger partial charge in [-0.2, -0.15) is 0 Å². The van der Waals surface area contributed by atoms with Gasteiger partial charge < -0.3 is 4.74 Å². The molecule has 0 aliphatic heterocycles. The zero-order valence-corrected chi connectivity index (χ0v) is 12.5. The Bertz CT molecular complexity index is 807. The molecule has 0 amide bonds. The van der Waals surface area contributed by atoms with Gasteiger partial charge in [0.05, 0.1) is 23.1 Å². The molecule has 20 heavy (non-hydrogen) atoms. The molecule has 6 heteroatoms. The van der Waals surface area contributed by atoms with E-state index in [1.807, 2.05) is 29.7 Å². The molecular weight excluding hydrogens is 296 g/mol. The predicted molar refractivity (Wildman–Crippen MR) is 79.6 cm³/mol. The largest absolute Gasteiger partial charge is 0.465 e. The van der Waals surface area contributed by atoms with Gasteiger partial charge in [0.25, 0.3) is 0 Å². The summed E-state index contributed by atoms with van der Waals surface area (Å²) >= 11 is 7.84. The van der Waals surface area contributed by atoms with Gasteiger partial charge in [0.2, 0.25) is 0 Å². The van der Waals surface area contributed by atoms with Crippen molar-refractivity contribution in [2.45, 2.75) is 6.92 Å². The van der Waals surface area contributed by atoms with Crippen LogP contribution in [0.5, 0.6) is 0 Å². The number of aromatic nitrogens is 2. The van der Waals surface area contributed by atoms with Crippen LogP contribution < -0.4 is 0 Å². The van der Waals surface area contributed by atoms with Crippen LogP contribution in [0.25, 0.3) is 16.2 Å². The van der Waals surface area contributed by atoms with E-state index in [0.29, 0.717) is 16.2 Å². The van der Waals surface area contributed by atoms with Gasteiger partial charge in [0.1, 0.15) is 0 Å². The molecule has 0 aromatic carbocycles. The first-order chi connectivity index (χ1) is 9.61. The summed E-state index contributed by atoms with van der Waals surface area (Å²) in [6, 6.07) is 7.48. The van der Waals surface area contributed by atoms with E-state index in [9.17, 15) is 4.79 Å². The molecule has 3 rings (SSSR count). The molecule has 4 nitrogen and oxygen atoms in total. The van der Waals surface area contributed by atoms with Gasteiger partial charge in [-0.05, 0) is 31.2 Å². The maximum atomic E-state index is 11.8. The van der Waals surface area contributed by atoms with E-state index in [2.05, 4.69) is 4.98 Å². The molecule has 0 unspecified atom stereocenters. The van der Waals surface area contributed by atoms with E-state index < -0.39 is 5.97 Å². The van der Waals surface area contributed by atoms with Crippen LogP contribution in [-0.2, 0) is 4.74 Å². The van der Waals surface area contributed by atoms with Crippen molar-refractivity contribution in [2.24, 2.45) is 0 Å². The number of esters is 1. The van der Waals surface area contributed by atoms with Crippen molar-refractivity contribution in [1.29, 1.82) is 0 Å². The Kier molecular flexibility index (Phi) is 3.23. The van der Waals surface area contributed by atoms with Crippen LogP contribution in [0.1, 0.15) is 15.2 Å². The van der Waals surface area contributed by atoms with Crippen LogP contribution in [0, 0.1) is 6.92 Å². The topological polar surface area (TPSA) is 43.6 Å². The second kappa shape index (κ2) is 4.92. The highest BCUT2D eigenvalue weighted by molar-refractivity contribution is 7.15. The molecule has 0 spiro atoms. The zero-order valence-electron chi connectivity index (χ0n) is 10.9. The van der Waals surface area contributed by atoms with Gasteiger partial charge in [-0.25, -0.2) is 9.78 Å². The second-order valence-electron chi connectivity index (χ2n) is 4.27. The molecule has 3 aromatic rings. The first-order valence-electron chi connectivity index (χ1n) is 5.93. The van der Waals surface area contributed by atoms with E-state index in [-0.39, 0.29) is 0 Å². The number of hydrogen-bond acceptors (Lipinski definition) is 4. The van der Waals surface area contributed by atoms with Gasteiger partial charge in [-0.15, -0.1) is 11.3 Å². The quantitative estimate of drug-likeness (QED) is 0.676.